The summed E-state index contributed by atoms with van der Waals surface area (Å²) in [4.78, 5) is 37.6. The Balaban J connectivity index is 1.55. The predicted octanol–water partition coefficient (Wildman–Crippen LogP) is 2.92. The number of ketones is 1. The Bertz CT molecular complexity index is 1030. The number of carbonyl (C=O) groups is 3. The Morgan fingerprint density at radius 3 is 2.54 bits per heavy atom. The van der Waals surface area contributed by atoms with Gasteiger partial charge in [0.2, 0.25) is 0 Å². The Kier molecular flexibility index (Phi) is 3.75. The van der Waals surface area contributed by atoms with Crippen molar-refractivity contribution in [1.29, 1.82) is 0 Å². The van der Waals surface area contributed by atoms with Crippen LogP contribution in [-0.4, -0.2) is 47.4 Å². The minimum atomic E-state index is -0.916. The summed E-state index contributed by atoms with van der Waals surface area (Å²) in [5.41, 5.74) is 5.19. The van der Waals surface area contributed by atoms with Crippen LogP contribution in [0.3, 0.4) is 0 Å². The van der Waals surface area contributed by atoms with E-state index in [0.29, 0.717) is 31.6 Å². The van der Waals surface area contributed by atoms with Gasteiger partial charge in [0.15, 0.2) is 5.78 Å². The first kappa shape index (κ1) is 17.0. The van der Waals surface area contributed by atoms with Crippen molar-refractivity contribution in [3.63, 3.8) is 0 Å². The molecule has 2 aliphatic heterocycles. The number of likely N-dealkylation sites (tertiary alicyclic amines) is 1. The van der Waals surface area contributed by atoms with Crippen LogP contribution in [0.1, 0.15) is 44.2 Å². The fourth-order valence-electron chi connectivity index (χ4n) is 4.78. The number of Topliss-reactive ketones (excluding diaryl/α,β-unsaturated/α-hetero) is 1. The number of carboxylic acid groups (broad SMARTS) is 1. The van der Waals surface area contributed by atoms with Crippen LogP contribution in [0.4, 0.5) is 4.79 Å². The van der Waals surface area contributed by atoms with Crippen molar-refractivity contribution in [2.75, 3.05) is 19.6 Å². The second-order valence-electron chi connectivity index (χ2n) is 7.86. The molecule has 6 heteroatoms. The average Bonchev–Trinajstić information content (AvgIpc) is 3.26. The first-order chi connectivity index (χ1) is 13.5. The molecule has 1 saturated heterocycles. The maximum atomic E-state index is 12.7. The van der Waals surface area contributed by atoms with Crippen molar-refractivity contribution in [1.82, 2.24) is 10.2 Å². The predicted molar refractivity (Wildman–Crippen MR) is 103 cm³/mol. The van der Waals surface area contributed by atoms with Crippen molar-refractivity contribution in [2.24, 2.45) is 5.92 Å². The maximum absolute atomic E-state index is 12.7. The highest BCUT2D eigenvalue weighted by atomic mass is 16.4. The molecule has 6 nitrogen and oxygen atoms in total. The Hall–Kier alpha value is -3.15. The molecule has 1 fully saturated rings. The molecule has 2 amide bonds. The SMILES string of the molecule is O=C1CCc2ccc(-c3ccc4c(c3)C(=O)NCC3CN(C(=O)O)CC43)cc21. The Morgan fingerprint density at radius 1 is 1.00 bits per heavy atom. The highest BCUT2D eigenvalue weighted by Crippen LogP contribution is 2.38. The minimum absolute atomic E-state index is 0.0145. The normalized spacial score (nSPS) is 22.9. The van der Waals surface area contributed by atoms with E-state index < -0.39 is 6.09 Å². The second-order valence-corrected chi connectivity index (χ2v) is 7.86. The third kappa shape index (κ3) is 2.59. The van der Waals surface area contributed by atoms with Crippen molar-refractivity contribution in [3.05, 3.63) is 58.7 Å². The van der Waals surface area contributed by atoms with Gasteiger partial charge >= 0.3 is 6.09 Å². The molecule has 28 heavy (non-hydrogen) atoms. The van der Waals surface area contributed by atoms with Gasteiger partial charge in [0.25, 0.3) is 5.91 Å². The van der Waals surface area contributed by atoms with E-state index >= 15 is 0 Å². The van der Waals surface area contributed by atoms with Gasteiger partial charge in [-0.3, -0.25) is 9.59 Å². The number of nitrogens with one attached hydrogen (secondary N) is 1. The van der Waals surface area contributed by atoms with Gasteiger partial charge in [-0.25, -0.2) is 4.79 Å². The fraction of sp³-hybridized carbons (Fsp3) is 0.318. The topological polar surface area (TPSA) is 86.7 Å². The molecule has 0 saturated carbocycles. The van der Waals surface area contributed by atoms with E-state index in [1.54, 1.807) is 0 Å². The zero-order valence-electron chi connectivity index (χ0n) is 15.3. The van der Waals surface area contributed by atoms with Crippen molar-refractivity contribution in [3.8, 4) is 11.1 Å². The minimum Gasteiger partial charge on any atom is -0.465 e. The molecule has 2 unspecified atom stereocenters. The number of fused-ring (bicyclic) bond motifs is 4. The van der Waals surface area contributed by atoms with Gasteiger partial charge in [-0.1, -0.05) is 24.3 Å². The van der Waals surface area contributed by atoms with Gasteiger partial charge in [-0.15, -0.1) is 0 Å². The number of nitrogens with zero attached hydrogens (tertiary/aromatic N) is 1. The average molecular weight is 376 g/mol. The summed E-state index contributed by atoms with van der Waals surface area (Å²) < 4.78 is 0. The molecule has 5 rings (SSSR count). The Morgan fingerprint density at radius 2 is 1.75 bits per heavy atom. The van der Waals surface area contributed by atoms with Crippen molar-refractivity contribution >= 4 is 17.8 Å². The van der Waals surface area contributed by atoms with Gasteiger partial charge in [-0.2, -0.15) is 0 Å². The molecule has 142 valence electrons. The van der Waals surface area contributed by atoms with Crippen LogP contribution in [-0.2, 0) is 6.42 Å². The molecular weight excluding hydrogens is 356 g/mol. The van der Waals surface area contributed by atoms with E-state index in [9.17, 15) is 19.5 Å². The number of aryl methyl sites for hydroxylation is 1. The quantitative estimate of drug-likeness (QED) is 0.801. The standard InChI is InChI=1S/C22H20N2O4/c25-20-6-4-12-1-2-13(7-17(12)20)14-3-5-16-18(8-14)21(26)23-9-15-10-24(22(27)28)11-19(15)16/h1-3,5,7-8,15,19H,4,6,9-11H2,(H,23,26)(H,27,28). The smallest absolute Gasteiger partial charge is 0.407 e. The summed E-state index contributed by atoms with van der Waals surface area (Å²) in [5, 5.41) is 12.3. The lowest BCUT2D eigenvalue weighted by molar-refractivity contribution is 0.0950. The summed E-state index contributed by atoms with van der Waals surface area (Å²) in [6, 6.07) is 11.7. The van der Waals surface area contributed by atoms with Gasteiger partial charge in [0, 0.05) is 49.0 Å². The number of rotatable bonds is 1. The summed E-state index contributed by atoms with van der Waals surface area (Å²) in [6.07, 6.45) is 0.444. The molecule has 2 N–H and O–H groups in total. The van der Waals surface area contributed by atoms with E-state index in [4.69, 9.17) is 0 Å². The van der Waals surface area contributed by atoms with Gasteiger partial charge in [0.05, 0.1) is 0 Å². The molecule has 0 radical (unpaired) electrons. The van der Waals surface area contributed by atoms with Crippen molar-refractivity contribution < 1.29 is 19.5 Å². The molecule has 2 aromatic rings. The Labute approximate surface area is 162 Å². The summed E-state index contributed by atoms with van der Waals surface area (Å²) in [7, 11) is 0. The molecule has 0 bridgehead atoms. The number of benzene rings is 2. The summed E-state index contributed by atoms with van der Waals surface area (Å²) in [6.45, 7) is 1.33. The first-order valence-corrected chi connectivity index (χ1v) is 9.58. The fourth-order valence-corrected chi connectivity index (χ4v) is 4.78. The molecule has 2 heterocycles. The van der Waals surface area contributed by atoms with Crippen LogP contribution >= 0.6 is 0 Å². The lowest BCUT2D eigenvalue weighted by Gasteiger charge is -2.17. The van der Waals surface area contributed by atoms with E-state index in [1.165, 1.54) is 4.90 Å². The molecular formula is C22H20N2O4. The zero-order valence-corrected chi connectivity index (χ0v) is 15.3. The molecule has 0 spiro atoms. The monoisotopic (exact) mass is 376 g/mol. The highest BCUT2D eigenvalue weighted by molar-refractivity contribution is 6.02. The lowest BCUT2D eigenvalue weighted by atomic mass is 9.86. The van der Waals surface area contributed by atoms with E-state index in [0.717, 1.165) is 34.2 Å². The van der Waals surface area contributed by atoms with Gasteiger partial charge < -0.3 is 15.3 Å². The van der Waals surface area contributed by atoms with Crippen LogP contribution in [0.2, 0.25) is 0 Å². The zero-order chi connectivity index (χ0) is 19.4. The summed E-state index contributed by atoms with van der Waals surface area (Å²) >= 11 is 0. The second kappa shape index (κ2) is 6.19. The van der Waals surface area contributed by atoms with Crippen LogP contribution in [0.5, 0.6) is 0 Å². The highest BCUT2D eigenvalue weighted by Gasteiger charge is 2.40. The van der Waals surface area contributed by atoms with Crippen LogP contribution in [0.15, 0.2) is 36.4 Å². The van der Waals surface area contributed by atoms with Crippen molar-refractivity contribution in [2.45, 2.75) is 18.8 Å². The first-order valence-electron chi connectivity index (χ1n) is 9.58. The van der Waals surface area contributed by atoms with Crippen LogP contribution in [0.25, 0.3) is 11.1 Å². The maximum Gasteiger partial charge on any atom is 0.407 e. The molecule has 3 aliphatic rings. The number of carbonyl (C=O) groups excluding carboxylic acids is 2. The number of amides is 2. The molecule has 1 aliphatic carbocycles. The molecule has 2 atom stereocenters. The third-order valence-corrected chi connectivity index (χ3v) is 6.30. The van der Waals surface area contributed by atoms with E-state index in [-0.39, 0.29) is 23.5 Å². The number of hydrogen-bond acceptors (Lipinski definition) is 3. The van der Waals surface area contributed by atoms with Gasteiger partial charge in [-0.05, 0) is 40.8 Å². The van der Waals surface area contributed by atoms with Crippen LogP contribution < -0.4 is 5.32 Å². The lowest BCUT2D eigenvalue weighted by Crippen LogP contribution is -2.31. The third-order valence-electron chi connectivity index (χ3n) is 6.30. The number of hydrogen-bond donors (Lipinski definition) is 2. The van der Waals surface area contributed by atoms with E-state index in [1.807, 2.05) is 36.4 Å². The largest absolute Gasteiger partial charge is 0.465 e. The molecule has 2 aromatic carbocycles. The molecule has 0 aromatic heterocycles. The summed E-state index contributed by atoms with van der Waals surface area (Å²) in [5.74, 6) is 0.155. The van der Waals surface area contributed by atoms with E-state index in [2.05, 4.69) is 5.32 Å². The van der Waals surface area contributed by atoms with Gasteiger partial charge in [0.1, 0.15) is 0 Å². The van der Waals surface area contributed by atoms with Crippen LogP contribution in [0, 0.1) is 5.92 Å².